The summed E-state index contributed by atoms with van der Waals surface area (Å²) in [6, 6.07) is 13.5. The van der Waals surface area contributed by atoms with Crippen molar-refractivity contribution in [3.63, 3.8) is 0 Å². The molecule has 0 aromatic heterocycles. The maximum Gasteiger partial charge on any atom is 0.282 e. The number of thioether (sulfide) groups is 1. The summed E-state index contributed by atoms with van der Waals surface area (Å²) in [5.41, 5.74) is 3.61. The second-order valence-electron chi connectivity index (χ2n) is 4.50. The van der Waals surface area contributed by atoms with Crippen LogP contribution in [0.4, 0.5) is 5.69 Å². The van der Waals surface area contributed by atoms with E-state index in [9.17, 15) is 10.1 Å². The summed E-state index contributed by atoms with van der Waals surface area (Å²) in [5, 5.41) is 11.0. The fraction of sp³-hybridized carbons (Fsp3) is 0.200. The van der Waals surface area contributed by atoms with E-state index in [1.54, 1.807) is 12.1 Å². The SMILES string of the molecule is Cc1ccc(CSc2cc(C)ccc2[N+](=O)[O-])cc1. The summed E-state index contributed by atoms with van der Waals surface area (Å²) in [4.78, 5) is 11.4. The number of hydrogen-bond acceptors (Lipinski definition) is 3. The molecule has 19 heavy (non-hydrogen) atoms. The number of benzene rings is 2. The Balaban J connectivity index is 2.16. The zero-order valence-corrected chi connectivity index (χ0v) is 11.7. The van der Waals surface area contributed by atoms with Gasteiger partial charge in [0.25, 0.3) is 5.69 Å². The van der Waals surface area contributed by atoms with E-state index in [0.717, 1.165) is 16.2 Å². The van der Waals surface area contributed by atoms with Crippen LogP contribution in [0.15, 0.2) is 47.4 Å². The average Bonchev–Trinajstić information content (AvgIpc) is 2.38. The van der Waals surface area contributed by atoms with Gasteiger partial charge in [-0.15, -0.1) is 11.8 Å². The Morgan fingerprint density at radius 2 is 1.68 bits per heavy atom. The fourth-order valence-electron chi connectivity index (χ4n) is 1.73. The molecule has 2 aromatic rings. The standard InChI is InChI=1S/C15H15NO2S/c1-11-3-6-13(7-4-11)10-19-15-9-12(2)5-8-14(15)16(17)18/h3-9H,10H2,1-2H3. The molecule has 2 rings (SSSR count). The highest BCUT2D eigenvalue weighted by molar-refractivity contribution is 7.98. The summed E-state index contributed by atoms with van der Waals surface area (Å²) in [6.07, 6.45) is 0. The van der Waals surface area contributed by atoms with Crippen LogP contribution in [0.1, 0.15) is 16.7 Å². The Hall–Kier alpha value is -1.81. The number of aryl methyl sites for hydroxylation is 2. The molecule has 98 valence electrons. The fourth-order valence-corrected chi connectivity index (χ4v) is 2.81. The molecule has 0 saturated heterocycles. The van der Waals surface area contributed by atoms with Crippen molar-refractivity contribution in [1.29, 1.82) is 0 Å². The second-order valence-corrected chi connectivity index (χ2v) is 5.52. The Morgan fingerprint density at radius 1 is 1.05 bits per heavy atom. The lowest BCUT2D eigenvalue weighted by Gasteiger charge is -2.05. The first-order chi connectivity index (χ1) is 9.06. The largest absolute Gasteiger partial charge is 0.282 e. The van der Waals surface area contributed by atoms with Gasteiger partial charge in [-0.05, 0) is 31.0 Å². The van der Waals surface area contributed by atoms with Gasteiger partial charge in [0, 0.05) is 11.8 Å². The van der Waals surface area contributed by atoms with Gasteiger partial charge in [0.1, 0.15) is 0 Å². The average molecular weight is 273 g/mol. The molecule has 0 aliphatic rings. The minimum absolute atomic E-state index is 0.183. The molecule has 0 atom stereocenters. The first-order valence-corrected chi connectivity index (χ1v) is 6.98. The molecule has 0 unspecified atom stereocenters. The molecule has 2 aromatic carbocycles. The predicted octanol–water partition coefficient (Wildman–Crippen LogP) is 4.50. The molecular weight excluding hydrogens is 258 g/mol. The molecule has 0 spiro atoms. The smallest absolute Gasteiger partial charge is 0.258 e. The highest BCUT2D eigenvalue weighted by atomic mass is 32.2. The van der Waals surface area contributed by atoms with Crippen LogP contribution < -0.4 is 0 Å². The van der Waals surface area contributed by atoms with Crippen molar-refractivity contribution in [3.05, 3.63) is 69.3 Å². The summed E-state index contributed by atoms with van der Waals surface area (Å²) in [7, 11) is 0. The third-order valence-electron chi connectivity index (χ3n) is 2.83. The van der Waals surface area contributed by atoms with Crippen LogP contribution in [0.5, 0.6) is 0 Å². The van der Waals surface area contributed by atoms with E-state index in [0.29, 0.717) is 0 Å². The van der Waals surface area contributed by atoms with Crippen molar-refractivity contribution < 1.29 is 4.92 Å². The minimum Gasteiger partial charge on any atom is -0.258 e. The van der Waals surface area contributed by atoms with E-state index in [-0.39, 0.29) is 10.6 Å². The van der Waals surface area contributed by atoms with Gasteiger partial charge in [-0.25, -0.2) is 0 Å². The summed E-state index contributed by atoms with van der Waals surface area (Å²) >= 11 is 1.51. The van der Waals surface area contributed by atoms with Crippen LogP contribution in [-0.2, 0) is 5.75 Å². The van der Waals surface area contributed by atoms with E-state index in [1.807, 2.05) is 19.9 Å². The molecule has 3 nitrogen and oxygen atoms in total. The Kier molecular flexibility index (Phi) is 4.22. The van der Waals surface area contributed by atoms with E-state index >= 15 is 0 Å². The van der Waals surface area contributed by atoms with Crippen LogP contribution >= 0.6 is 11.8 Å². The third-order valence-corrected chi connectivity index (χ3v) is 3.94. The van der Waals surface area contributed by atoms with E-state index in [4.69, 9.17) is 0 Å². The number of rotatable bonds is 4. The predicted molar refractivity (Wildman–Crippen MR) is 78.6 cm³/mol. The van der Waals surface area contributed by atoms with Crippen LogP contribution in [0.2, 0.25) is 0 Å². The Morgan fingerprint density at radius 3 is 2.32 bits per heavy atom. The number of nitrogens with zero attached hydrogens (tertiary/aromatic N) is 1. The minimum atomic E-state index is -0.323. The van der Waals surface area contributed by atoms with Crippen LogP contribution in [0.25, 0.3) is 0 Å². The molecule has 0 N–H and O–H groups in total. The van der Waals surface area contributed by atoms with Crippen molar-refractivity contribution in [3.8, 4) is 0 Å². The maximum absolute atomic E-state index is 11.0. The zero-order chi connectivity index (χ0) is 13.8. The monoisotopic (exact) mass is 273 g/mol. The number of nitro benzene ring substituents is 1. The quantitative estimate of drug-likeness (QED) is 0.468. The second kappa shape index (κ2) is 5.89. The van der Waals surface area contributed by atoms with Gasteiger partial charge in [-0.2, -0.15) is 0 Å². The Bertz CT molecular complexity index is 594. The van der Waals surface area contributed by atoms with Crippen molar-refractivity contribution in [2.75, 3.05) is 0 Å². The normalized spacial score (nSPS) is 10.4. The van der Waals surface area contributed by atoms with Gasteiger partial charge in [-0.3, -0.25) is 10.1 Å². The van der Waals surface area contributed by atoms with Crippen molar-refractivity contribution in [2.45, 2.75) is 24.5 Å². The van der Waals surface area contributed by atoms with E-state index < -0.39 is 0 Å². The van der Waals surface area contributed by atoms with Gasteiger partial charge >= 0.3 is 0 Å². The molecular formula is C15H15NO2S. The molecule has 0 saturated carbocycles. The lowest BCUT2D eigenvalue weighted by Crippen LogP contribution is -1.92. The maximum atomic E-state index is 11.0. The van der Waals surface area contributed by atoms with Crippen LogP contribution in [0.3, 0.4) is 0 Å². The van der Waals surface area contributed by atoms with Crippen molar-refractivity contribution in [1.82, 2.24) is 0 Å². The van der Waals surface area contributed by atoms with E-state index in [1.165, 1.54) is 22.9 Å². The summed E-state index contributed by atoms with van der Waals surface area (Å²) in [6.45, 7) is 3.99. The third kappa shape index (κ3) is 3.58. The number of hydrogen-bond donors (Lipinski definition) is 0. The molecule has 0 amide bonds. The van der Waals surface area contributed by atoms with Gasteiger partial charge in [0.2, 0.25) is 0 Å². The zero-order valence-electron chi connectivity index (χ0n) is 10.9. The molecule has 0 bridgehead atoms. The van der Waals surface area contributed by atoms with Crippen LogP contribution in [0, 0.1) is 24.0 Å². The molecule has 0 fully saturated rings. The van der Waals surface area contributed by atoms with Crippen LogP contribution in [-0.4, -0.2) is 4.92 Å². The lowest BCUT2D eigenvalue weighted by atomic mass is 10.2. The topological polar surface area (TPSA) is 43.1 Å². The summed E-state index contributed by atoms with van der Waals surface area (Å²) in [5.74, 6) is 0.741. The first-order valence-electron chi connectivity index (χ1n) is 5.99. The van der Waals surface area contributed by atoms with Gasteiger partial charge in [0.15, 0.2) is 0 Å². The highest BCUT2D eigenvalue weighted by Crippen LogP contribution is 2.32. The number of nitro groups is 1. The molecule has 4 heteroatoms. The lowest BCUT2D eigenvalue weighted by molar-refractivity contribution is -0.387. The van der Waals surface area contributed by atoms with Gasteiger partial charge < -0.3 is 0 Å². The Labute approximate surface area is 116 Å². The molecule has 0 heterocycles. The molecule has 0 aliphatic heterocycles. The first kappa shape index (κ1) is 13.6. The molecule has 0 aliphatic carbocycles. The highest BCUT2D eigenvalue weighted by Gasteiger charge is 2.13. The van der Waals surface area contributed by atoms with Crippen molar-refractivity contribution >= 4 is 17.4 Å². The van der Waals surface area contributed by atoms with Gasteiger partial charge in [-0.1, -0.05) is 35.9 Å². The van der Waals surface area contributed by atoms with E-state index in [2.05, 4.69) is 24.3 Å². The van der Waals surface area contributed by atoms with Gasteiger partial charge in [0.05, 0.1) is 9.82 Å². The van der Waals surface area contributed by atoms with Crippen molar-refractivity contribution in [2.24, 2.45) is 0 Å². The summed E-state index contributed by atoms with van der Waals surface area (Å²) < 4.78 is 0. The molecule has 0 radical (unpaired) electrons.